The number of carbonyl (C=O) groups excluding carboxylic acids is 2. The van der Waals surface area contributed by atoms with Gasteiger partial charge in [-0.25, -0.2) is 0 Å². The van der Waals surface area contributed by atoms with Crippen LogP contribution >= 0.6 is 10.6 Å². The molecule has 9 nitrogen and oxygen atoms in total. The minimum absolute atomic E-state index is 0.0626. The number of amides is 2. The molecule has 0 radical (unpaired) electrons. The zero-order valence-corrected chi connectivity index (χ0v) is 22.5. The van der Waals surface area contributed by atoms with Gasteiger partial charge < -0.3 is 20.1 Å². The third-order valence-corrected chi connectivity index (χ3v) is 9.09. The Kier molecular flexibility index (Phi) is 8.03. The van der Waals surface area contributed by atoms with Crippen molar-refractivity contribution in [2.45, 2.75) is 49.1 Å². The fraction of sp³-hybridized carbons (Fsp3) is 0.481. The number of fused-ring (bicyclic) bond motifs is 1. The van der Waals surface area contributed by atoms with Crippen LogP contribution in [0.4, 0.5) is 18.9 Å². The monoisotopic (exact) mass is 583 g/mol. The van der Waals surface area contributed by atoms with E-state index >= 15 is 0 Å². The highest BCUT2D eigenvalue weighted by atomic mass is 32.3. The van der Waals surface area contributed by atoms with E-state index in [0.29, 0.717) is 43.7 Å². The number of anilines is 1. The zero-order valence-electron chi connectivity index (χ0n) is 21.6. The second-order valence-electron chi connectivity index (χ2n) is 10.7. The summed E-state index contributed by atoms with van der Waals surface area (Å²) < 4.78 is 63.7. The third kappa shape index (κ3) is 7.07. The van der Waals surface area contributed by atoms with Gasteiger partial charge in [0.05, 0.1) is 29.1 Å². The van der Waals surface area contributed by atoms with Gasteiger partial charge in [0.2, 0.25) is 11.8 Å². The van der Waals surface area contributed by atoms with Crippen molar-refractivity contribution < 1.29 is 41.7 Å². The van der Waals surface area contributed by atoms with E-state index in [1.54, 1.807) is 23.1 Å². The predicted molar refractivity (Wildman–Crippen MR) is 142 cm³/mol. The van der Waals surface area contributed by atoms with Gasteiger partial charge in [-0.1, -0.05) is 18.2 Å². The van der Waals surface area contributed by atoms with Gasteiger partial charge >= 0.3 is 6.36 Å². The molecule has 2 amide bonds. The number of aliphatic hydroxyl groups is 1. The molecule has 1 unspecified atom stereocenters. The molecule has 218 valence electrons. The molecule has 2 heterocycles. The number of β-amino-alcohol motifs (C(OH)–C–C–N with tert-alkyl or cyclic N) is 1. The van der Waals surface area contributed by atoms with Crippen LogP contribution in [0.5, 0.6) is 5.75 Å². The summed E-state index contributed by atoms with van der Waals surface area (Å²) in [7, 11) is -3.27. The standard InChI is InChI=1S/C27H32F3N3O6S/c28-27(29,30)39-21-3-1-2-19(12-21)23(15-32-9-8-20(34)14-32)33(13-17-4-5-17)26(36)11-18-6-7-24-22(10-18)31-25(35)16-40(24,37)38/h1-3,6-7,10,12,17,20,23,34,37-38H,4-5,8-9,11,13-16H2,(H,31,35)/t20?,23-/m1/s1. The number of rotatable bonds is 9. The second kappa shape index (κ2) is 11.2. The molecule has 2 atom stereocenters. The number of halogens is 3. The lowest BCUT2D eigenvalue weighted by Crippen LogP contribution is -2.43. The fourth-order valence-electron chi connectivity index (χ4n) is 5.30. The number of carbonyl (C=O) groups is 2. The summed E-state index contributed by atoms with van der Waals surface area (Å²) in [4.78, 5) is 29.7. The Bertz CT molecular complexity index is 1270. The highest BCUT2D eigenvalue weighted by molar-refractivity contribution is 8.25. The number of nitrogens with zero attached hydrogens (tertiary/aromatic N) is 2. The molecule has 1 saturated heterocycles. The Labute approximate surface area is 231 Å². The molecule has 2 aromatic carbocycles. The molecule has 3 aliphatic rings. The first-order valence-corrected chi connectivity index (χ1v) is 14.8. The Hall–Kier alpha value is -2.84. The zero-order chi connectivity index (χ0) is 28.7. The number of hydrogen-bond acceptors (Lipinski definition) is 7. The number of nitrogens with one attached hydrogen (secondary N) is 1. The van der Waals surface area contributed by atoms with Crippen molar-refractivity contribution in [2.75, 3.05) is 37.2 Å². The van der Waals surface area contributed by atoms with E-state index < -0.39 is 40.8 Å². The molecule has 1 saturated carbocycles. The largest absolute Gasteiger partial charge is 0.573 e. The molecule has 2 aromatic rings. The molecule has 0 aromatic heterocycles. The van der Waals surface area contributed by atoms with Crippen LogP contribution in [0.15, 0.2) is 47.4 Å². The SMILES string of the molecule is O=C1CS(O)(O)c2ccc(CC(=O)N(CC3CC3)[C@H](CN3CCC(O)C3)c3cccc(OC(F)(F)F)c3)cc2N1. The molecule has 0 bridgehead atoms. The Morgan fingerprint density at radius 1 is 1.18 bits per heavy atom. The first-order chi connectivity index (χ1) is 18.9. The summed E-state index contributed by atoms with van der Waals surface area (Å²) in [5.74, 6) is -1.30. The van der Waals surface area contributed by atoms with Crippen LogP contribution in [0.1, 0.15) is 36.4 Å². The van der Waals surface area contributed by atoms with Crippen LogP contribution in [-0.4, -0.2) is 80.2 Å². The van der Waals surface area contributed by atoms with Crippen LogP contribution in [0, 0.1) is 5.92 Å². The molecule has 0 spiro atoms. The van der Waals surface area contributed by atoms with E-state index in [1.807, 2.05) is 4.90 Å². The first-order valence-electron chi connectivity index (χ1n) is 13.1. The highest BCUT2D eigenvalue weighted by Crippen LogP contribution is 2.53. The van der Waals surface area contributed by atoms with Crippen molar-refractivity contribution in [3.63, 3.8) is 0 Å². The molecule has 4 N–H and O–H groups in total. The van der Waals surface area contributed by atoms with Crippen molar-refractivity contribution in [3.05, 3.63) is 53.6 Å². The normalized spacial score (nSPS) is 22.2. The number of likely N-dealkylation sites (tertiary alicyclic amines) is 1. The third-order valence-electron chi connectivity index (χ3n) is 7.36. The van der Waals surface area contributed by atoms with Gasteiger partial charge in [-0.3, -0.25) is 23.6 Å². The van der Waals surface area contributed by atoms with Gasteiger partial charge in [0.1, 0.15) is 11.5 Å². The molecule has 2 aliphatic heterocycles. The summed E-state index contributed by atoms with van der Waals surface area (Å²) in [5, 5.41) is 12.7. The molecule has 40 heavy (non-hydrogen) atoms. The van der Waals surface area contributed by atoms with E-state index in [1.165, 1.54) is 24.3 Å². The van der Waals surface area contributed by atoms with Crippen LogP contribution in [-0.2, 0) is 16.0 Å². The van der Waals surface area contributed by atoms with Gasteiger partial charge in [-0.2, -0.15) is 10.6 Å². The van der Waals surface area contributed by atoms with Gasteiger partial charge in [-0.05, 0) is 60.6 Å². The molecular formula is C27H32F3N3O6S. The molecule has 1 aliphatic carbocycles. The van der Waals surface area contributed by atoms with Crippen molar-refractivity contribution >= 4 is 28.1 Å². The number of hydrogen-bond donors (Lipinski definition) is 4. The maximum Gasteiger partial charge on any atom is 0.573 e. The Morgan fingerprint density at radius 2 is 1.95 bits per heavy atom. The first kappa shape index (κ1) is 28.7. The van der Waals surface area contributed by atoms with E-state index in [0.717, 1.165) is 12.8 Å². The molecular weight excluding hydrogens is 551 g/mol. The van der Waals surface area contributed by atoms with E-state index in [2.05, 4.69) is 10.1 Å². The summed E-state index contributed by atoms with van der Waals surface area (Å²) in [6, 6.07) is 9.72. The van der Waals surface area contributed by atoms with Crippen LogP contribution in [0.2, 0.25) is 0 Å². The lowest BCUT2D eigenvalue weighted by molar-refractivity contribution is -0.274. The van der Waals surface area contributed by atoms with E-state index in [-0.39, 0.29) is 34.6 Å². The summed E-state index contributed by atoms with van der Waals surface area (Å²) in [5.41, 5.74) is 1.28. The van der Waals surface area contributed by atoms with Crippen molar-refractivity contribution in [1.29, 1.82) is 0 Å². The van der Waals surface area contributed by atoms with Crippen molar-refractivity contribution in [2.24, 2.45) is 5.92 Å². The summed E-state index contributed by atoms with van der Waals surface area (Å²) in [6.07, 6.45) is -2.97. The average Bonchev–Trinajstić information content (AvgIpc) is 3.58. The molecule has 5 rings (SSSR count). The predicted octanol–water partition coefficient (Wildman–Crippen LogP) is 4.24. The smallest absolute Gasteiger partial charge is 0.406 e. The minimum Gasteiger partial charge on any atom is -0.406 e. The lowest BCUT2D eigenvalue weighted by atomic mass is 10.0. The van der Waals surface area contributed by atoms with Crippen molar-refractivity contribution in [1.82, 2.24) is 9.80 Å². The Balaban J connectivity index is 1.44. The fourth-order valence-corrected chi connectivity index (χ4v) is 6.64. The van der Waals surface area contributed by atoms with Gasteiger partial charge in [0, 0.05) is 26.2 Å². The van der Waals surface area contributed by atoms with Gasteiger partial charge in [0.15, 0.2) is 0 Å². The minimum atomic E-state index is -4.86. The van der Waals surface area contributed by atoms with E-state index in [9.17, 15) is 37.0 Å². The average molecular weight is 584 g/mol. The summed E-state index contributed by atoms with van der Waals surface area (Å²) in [6.45, 7) is 1.75. The maximum absolute atomic E-state index is 13.9. The van der Waals surface area contributed by atoms with Crippen LogP contribution in [0.3, 0.4) is 0 Å². The van der Waals surface area contributed by atoms with Gasteiger partial charge in [0.25, 0.3) is 0 Å². The van der Waals surface area contributed by atoms with Crippen LogP contribution < -0.4 is 10.1 Å². The number of alkyl halides is 3. The quantitative estimate of drug-likeness (QED) is 0.349. The number of benzene rings is 2. The van der Waals surface area contributed by atoms with Crippen LogP contribution in [0.25, 0.3) is 0 Å². The number of aliphatic hydroxyl groups excluding tert-OH is 1. The van der Waals surface area contributed by atoms with Crippen molar-refractivity contribution in [3.8, 4) is 5.75 Å². The molecule has 2 fully saturated rings. The maximum atomic E-state index is 13.9. The summed E-state index contributed by atoms with van der Waals surface area (Å²) >= 11 is 0. The highest BCUT2D eigenvalue weighted by Gasteiger charge is 2.36. The van der Waals surface area contributed by atoms with Gasteiger partial charge in [-0.15, -0.1) is 13.2 Å². The second-order valence-corrected chi connectivity index (χ2v) is 12.8. The topological polar surface area (TPSA) is 123 Å². The number of ether oxygens (including phenoxy) is 1. The Morgan fingerprint density at radius 3 is 2.62 bits per heavy atom. The lowest BCUT2D eigenvalue weighted by Gasteiger charge is -2.37. The molecule has 13 heteroatoms. The van der Waals surface area contributed by atoms with E-state index in [4.69, 9.17) is 0 Å².